The lowest BCUT2D eigenvalue weighted by Gasteiger charge is -2.10. The van der Waals surface area contributed by atoms with Gasteiger partial charge in [0.2, 0.25) is 0 Å². The van der Waals surface area contributed by atoms with Crippen molar-refractivity contribution in [1.29, 1.82) is 0 Å². The molecule has 2 amide bonds. The third kappa shape index (κ3) is 4.33. The molecule has 3 aromatic carbocycles. The van der Waals surface area contributed by atoms with E-state index >= 15 is 0 Å². The van der Waals surface area contributed by atoms with Crippen LogP contribution >= 0.6 is 0 Å². The molecule has 0 saturated heterocycles. The molecule has 0 saturated carbocycles. The molecule has 0 unspecified atom stereocenters. The van der Waals surface area contributed by atoms with Crippen molar-refractivity contribution < 1.29 is 9.59 Å². The number of para-hydroxylation sites is 1. The summed E-state index contributed by atoms with van der Waals surface area (Å²) in [5.41, 5.74) is 4.76. The van der Waals surface area contributed by atoms with Crippen molar-refractivity contribution in [3.05, 3.63) is 95.2 Å². The average Bonchev–Trinajstić information content (AvgIpc) is 3.14. The first-order valence-corrected chi connectivity index (χ1v) is 10.1. The molecule has 4 aromatic rings. The predicted molar refractivity (Wildman–Crippen MR) is 122 cm³/mol. The molecule has 0 radical (unpaired) electrons. The number of carbonyl (C=O) groups is 2. The second-order valence-electron chi connectivity index (χ2n) is 7.74. The summed E-state index contributed by atoms with van der Waals surface area (Å²) in [7, 11) is 3.46. The Morgan fingerprint density at radius 1 is 0.935 bits per heavy atom. The smallest absolute Gasteiger partial charge is 0.276 e. The minimum atomic E-state index is -0.245. The lowest BCUT2D eigenvalue weighted by atomic mass is 10.1. The maximum absolute atomic E-state index is 12.9. The van der Waals surface area contributed by atoms with Gasteiger partial charge in [0.1, 0.15) is 0 Å². The van der Waals surface area contributed by atoms with Gasteiger partial charge < -0.3 is 10.2 Å². The lowest BCUT2D eigenvalue weighted by molar-refractivity contribution is 0.0827. The summed E-state index contributed by atoms with van der Waals surface area (Å²) in [5.74, 6) is -0.281. The van der Waals surface area contributed by atoms with Crippen LogP contribution < -0.4 is 5.32 Å². The first-order chi connectivity index (χ1) is 14.9. The van der Waals surface area contributed by atoms with E-state index in [1.165, 1.54) is 0 Å². The number of rotatable bonds is 5. The summed E-state index contributed by atoms with van der Waals surface area (Å²) in [4.78, 5) is 26.6. The maximum atomic E-state index is 12.9. The zero-order valence-corrected chi connectivity index (χ0v) is 17.8. The van der Waals surface area contributed by atoms with Gasteiger partial charge in [-0.25, -0.2) is 0 Å². The Bertz CT molecular complexity index is 1240. The Kier molecular flexibility index (Phi) is 5.54. The van der Waals surface area contributed by atoms with Crippen LogP contribution in [0.3, 0.4) is 0 Å². The third-order valence-electron chi connectivity index (χ3n) is 5.12. The van der Waals surface area contributed by atoms with Gasteiger partial charge in [-0.05, 0) is 42.8 Å². The summed E-state index contributed by atoms with van der Waals surface area (Å²) >= 11 is 0. The molecule has 1 aromatic heterocycles. The summed E-state index contributed by atoms with van der Waals surface area (Å²) in [6.07, 6.45) is 0. The van der Waals surface area contributed by atoms with Crippen molar-refractivity contribution in [3.8, 4) is 0 Å². The van der Waals surface area contributed by atoms with Crippen molar-refractivity contribution in [2.24, 2.45) is 0 Å². The summed E-state index contributed by atoms with van der Waals surface area (Å²) < 4.78 is 1.82. The first kappa shape index (κ1) is 20.3. The summed E-state index contributed by atoms with van der Waals surface area (Å²) in [6.45, 7) is 2.50. The number of anilines is 1. The van der Waals surface area contributed by atoms with Crippen LogP contribution in [0, 0.1) is 6.92 Å². The molecule has 0 aliphatic carbocycles. The fourth-order valence-electron chi connectivity index (χ4n) is 3.43. The van der Waals surface area contributed by atoms with Crippen LogP contribution in [0.1, 0.15) is 32.0 Å². The normalized spacial score (nSPS) is 10.8. The van der Waals surface area contributed by atoms with Gasteiger partial charge in [-0.3, -0.25) is 14.3 Å². The van der Waals surface area contributed by atoms with E-state index < -0.39 is 0 Å². The highest BCUT2D eigenvalue weighted by atomic mass is 16.2. The SMILES string of the molecule is Cc1ccc(NC(=O)c2nn(Cc3ccc(C(=O)N(C)C)cc3)c3ccccc23)cc1. The number of fused-ring (bicyclic) bond motifs is 1. The Morgan fingerprint density at radius 3 is 2.29 bits per heavy atom. The van der Waals surface area contributed by atoms with Crippen LogP contribution in [0.2, 0.25) is 0 Å². The molecular weight excluding hydrogens is 388 g/mol. The van der Waals surface area contributed by atoms with Gasteiger partial charge in [0, 0.05) is 30.7 Å². The maximum Gasteiger partial charge on any atom is 0.276 e. The second kappa shape index (κ2) is 8.44. The molecule has 156 valence electrons. The fourth-order valence-corrected chi connectivity index (χ4v) is 3.43. The van der Waals surface area contributed by atoms with Crippen molar-refractivity contribution >= 4 is 28.4 Å². The highest BCUT2D eigenvalue weighted by Crippen LogP contribution is 2.21. The van der Waals surface area contributed by atoms with Crippen LogP contribution in [0.4, 0.5) is 5.69 Å². The standard InChI is InChI=1S/C25H24N4O2/c1-17-8-14-20(15-9-17)26-24(30)23-21-6-4-5-7-22(21)29(27-23)16-18-10-12-19(13-11-18)25(31)28(2)3/h4-15H,16H2,1-3H3,(H,26,30). The molecule has 0 aliphatic heterocycles. The van der Waals surface area contributed by atoms with Crippen LogP contribution in [0.15, 0.2) is 72.8 Å². The molecule has 4 rings (SSSR count). The van der Waals surface area contributed by atoms with Gasteiger partial charge in [-0.15, -0.1) is 0 Å². The topological polar surface area (TPSA) is 67.2 Å². The molecule has 1 heterocycles. The third-order valence-corrected chi connectivity index (χ3v) is 5.12. The van der Waals surface area contributed by atoms with E-state index in [1.807, 2.05) is 84.4 Å². The number of carbonyl (C=O) groups excluding carboxylic acids is 2. The molecule has 0 aliphatic rings. The van der Waals surface area contributed by atoms with Crippen LogP contribution in [0.25, 0.3) is 10.9 Å². The van der Waals surface area contributed by atoms with E-state index in [2.05, 4.69) is 10.4 Å². The van der Waals surface area contributed by atoms with E-state index in [9.17, 15) is 9.59 Å². The van der Waals surface area contributed by atoms with Gasteiger partial charge in [0.25, 0.3) is 11.8 Å². The molecule has 31 heavy (non-hydrogen) atoms. The number of aromatic nitrogens is 2. The number of benzene rings is 3. The Balaban J connectivity index is 1.61. The summed E-state index contributed by atoms with van der Waals surface area (Å²) in [6, 6.07) is 22.8. The molecule has 6 nitrogen and oxygen atoms in total. The molecule has 1 N–H and O–H groups in total. The molecule has 0 atom stereocenters. The molecule has 0 bridgehead atoms. The molecule has 6 heteroatoms. The Morgan fingerprint density at radius 2 is 1.61 bits per heavy atom. The average molecular weight is 412 g/mol. The van der Waals surface area contributed by atoms with Gasteiger partial charge in [0.15, 0.2) is 5.69 Å². The molecular formula is C25H24N4O2. The minimum Gasteiger partial charge on any atom is -0.345 e. The number of nitrogens with one attached hydrogen (secondary N) is 1. The molecule has 0 fully saturated rings. The lowest BCUT2D eigenvalue weighted by Crippen LogP contribution is -2.21. The largest absolute Gasteiger partial charge is 0.345 e. The number of hydrogen-bond acceptors (Lipinski definition) is 3. The fraction of sp³-hybridized carbons (Fsp3) is 0.160. The van der Waals surface area contributed by atoms with E-state index in [0.29, 0.717) is 17.8 Å². The van der Waals surface area contributed by atoms with E-state index in [0.717, 1.165) is 27.7 Å². The van der Waals surface area contributed by atoms with Crippen LogP contribution in [0.5, 0.6) is 0 Å². The monoisotopic (exact) mass is 412 g/mol. The summed E-state index contributed by atoms with van der Waals surface area (Å²) in [5, 5.41) is 8.34. The highest BCUT2D eigenvalue weighted by molar-refractivity contribution is 6.11. The van der Waals surface area contributed by atoms with E-state index in [4.69, 9.17) is 0 Å². The number of amides is 2. The number of nitrogens with zero attached hydrogens (tertiary/aromatic N) is 3. The van der Waals surface area contributed by atoms with Crippen molar-refractivity contribution in [1.82, 2.24) is 14.7 Å². The van der Waals surface area contributed by atoms with Crippen molar-refractivity contribution in [2.45, 2.75) is 13.5 Å². The van der Waals surface area contributed by atoms with Gasteiger partial charge in [-0.1, -0.05) is 48.0 Å². The first-order valence-electron chi connectivity index (χ1n) is 10.1. The molecule has 0 spiro atoms. The predicted octanol–water partition coefficient (Wildman–Crippen LogP) is 4.35. The van der Waals surface area contributed by atoms with Crippen molar-refractivity contribution in [3.63, 3.8) is 0 Å². The van der Waals surface area contributed by atoms with Gasteiger partial charge in [0.05, 0.1) is 12.1 Å². The highest BCUT2D eigenvalue weighted by Gasteiger charge is 2.17. The van der Waals surface area contributed by atoms with Gasteiger partial charge >= 0.3 is 0 Å². The quantitative estimate of drug-likeness (QED) is 0.530. The van der Waals surface area contributed by atoms with E-state index in [-0.39, 0.29) is 11.8 Å². The van der Waals surface area contributed by atoms with Crippen molar-refractivity contribution in [2.75, 3.05) is 19.4 Å². The Labute approximate surface area is 181 Å². The number of hydrogen-bond donors (Lipinski definition) is 1. The second-order valence-corrected chi connectivity index (χ2v) is 7.74. The Hall–Kier alpha value is -3.93. The minimum absolute atomic E-state index is 0.0360. The van der Waals surface area contributed by atoms with Crippen LogP contribution in [-0.4, -0.2) is 40.6 Å². The number of aryl methyl sites for hydroxylation is 1. The zero-order chi connectivity index (χ0) is 22.0. The van der Waals surface area contributed by atoms with Crippen LogP contribution in [-0.2, 0) is 6.54 Å². The van der Waals surface area contributed by atoms with E-state index in [1.54, 1.807) is 19.0 Å². The van der Waals surface area contributed by atoms with Gasteiger partial charge in [-0.2, -0.15) is 5.10 Å². The zero-order valence-electron chi connectivity index (χ0n) is 17.8.